The average Bonchev–Trinajstić information content (AvgIpc) is 2.64. The Balaban J connectivity index is 1.83. The van der Waals surface area contributed by atoms with Gasteiger partial charge in [0, 0.05) is 16.4 Å². The number of nitrogens with one attached hydrogen (secondary N) is 3. The summed E-state index contributed by atoms with van der Waals surface area (Å²) < 4.78 is 5.01. The topological polar surface area (TPSA) is 96.5 Å². The summed E-state index contributed by atoms with van der Waals surface area (Å²) in [7, 11) is 1.52. The van der Waals surface area contributed by atoms with Crippen molar-refractivity contribution in [2.45, 2.75) is 6.92 Å². The highest BCUT2D eigenvalue weighted by Gasteiger charge is 2.15. The number of amides is 3. The molecule has 26 heavy (non-hydrogen) atoms. The molecule has 8 heteroatoms. The molecule has 0 spiro atoms. The Morgan fingerprint density at radius 3 is 2.35 bits per heavy atom. The Morgan fingerprint density at radius 2 is 1.69 bits per heavy atom. The van der Waals surface area contributed by atoms with E-state index in [-0.39, 0.29) is 6.54 Å². The molecule has 0 bridgehead atoms. The van der Waals surface area contributed by atoms with E-state index >= 15 is 0 Å². The number of benzene rings is 2. The molecule has 0 saturated carbocycles. The van der Waals surface area contributed by atoms with Gasteiger partial charge in [-0.05, 0) is 48.9 Å². The quantitative estimate of drug-likeness (QED) is 0.699. The fourth-order valence-electron chi connectivity index (χ4n) is 2.04. The van der Waals surface area contributed by atoms with Crippen LogP contribution in [0.4, 0.5) is 11.4 Å². The standard InChI is InChI=1S/C18H18ClN3O4/c1-11-14(19)4-3-5-15(11)22-16(23)10-20-17(24)18(25)21-12-6-8-13(26-2)9-7-12/h3-9H,10H2,1-2H3,(H,20,24)(H,21,25)(H,22,23). The Morgan fingerprint density at radius 1 is 1.00 bits per heavy atom. The second-order valence-electron chi connectivity index (χ2n) is 5.33. The summed E-state index contributed by atoms with van der Waals surface area (Å²) in [5.41, 5.74) is 1.69. The van der Waals surface area contributed by atoms with Gasteiger partial charge < -0.3 is 20.7 Å². The zero-order chi connectivity index (χ0) is 19.1. The number of halogens is 1. The maximum absolute atomic E-state index is 11.9. The molecule has 0 heterocycles. The van der Waals surface area contributed by atoms with E-state index < -0.39 is 17.7 Å². The van der Waals surface area contributed by atoms with Crippen LogP contribution in [0, 0.1) is 6.92 Å². The molecule has 7 nitrogen and oxygen atoms in total. The van der Waals surface area contributed by atoms with Gasteiger partial charge in [-0.1, -0.05) is 17.7 Å². The van der Waals surface area contributed by atoms with Crippen molar-refractivity contribution in [1.29, 1.82) is 0 Å². The lowest BCUT2D eigenvalue weighted by atomic mass is 10.2. The molecule has 0 aromatic heterocycles. The third-order valence-corrected chi connectivity index (χ3v) is 3.91. The summed E-state index contributed by atoms with van der Waals surface area (Å²) in [5, 5.41) is 7.83. The van der Waals surface area contributed by atoms with E-state index in [0.29, 0.717) is 27.7 Å². The van der Waals surface area contributed by atoms with Crippen molar-refractivity contribution in [3.63, 3.8) is 0 Å². The summed E-state index contributed by atoms with van der Waals surface area (Å²) in [4.78, 5) is 35.5. The molecule has 3 N–H and O–H groups in total. The van der Waals surface area contributed by atoms with Gasteiger partial charge in [0.25, 0.3) is 0 Å². The molecular formula is C18H18ClN3O4. The fraction of sp³-hybridized carbons (Fsp3) is 0.167. The van der Waals surface area contributed by atoms with Gasteiger partial charge >= 0.3 is 11.8 Å². The summed E-state index contributed by atoms with van der Waals surface area (Å²) in [5.74, 6) is -1.64. The van der Waals surface area contributed by atoms with E-state index in [4.69, 9.17) is 16.3 Å². The summed E-state index contributed by atoms with van der Waals surface area (Å²) in [6.45, 7) is 1.42. The maximum Gasteiger partial charge on any atom is 0.313 e. The van der Waals surface area contributed by atoms with Crippen LogP contribution in [0.15, 0.2) is 42.5 Å². The molecular weight excluding hydrogens is 358 g/mol. The first-order valence-corrected chi connectivity index (χ1v) is 8.06. The van der Waals surface area contributed by atoms with Crippen molar-refractivity contribution in [1.82, 2.24) is 5.32 Å². The molecule has 2 aromatic carbocycles. The van der Waals surface area contributed by atoms with Crippen molar-refractivity contribution in [2.75, 3.05) is 24.3 Å². The SMILES string of the molecule is COc1ccc(NC(=O)C(=O)NCC(=O)Nc2cccc(Cl)c2C)cc1. The zero-order valence-electron chi connectivity index (χ0n) is 14.3. The number of carbonyl (C=O) groups is 3. The van der Waals surface area contributed by atoms with Gasteiger partial charge in [-0.3, -0.25) is 14.4 Å². The zero-order valence-corrected chi connectivity index (χ0v) is 15.0. The number of methoxy groups -OCH3 is 1. The van der Waals surface area contributed by atoms with Crippen molar-refractivity contribution in [2.24, 2.45) is 0 Å². The van der Waals surface area contributed by atoms with Gasteiger partial charge in [0.05, 0.1) is 13.7 Å². The number of ether oxygens (including phenoxy) is 1. The Bertz CT molecular complexity index is 822. The first-order chi connectivity index (χ1) is 12.4. The van der Waals surface area contributed by atoms with Gasteiger partial charge in [-0.2, -0.15) is 0 Å². The third kappa shape index (κ3) is 5.22. The lowest BCUT2D eigenvalue weighted by molar-refractivity contribution is -0.136. The monoisotopic (exact) mass is 375 g/mol. The number of hydrogen-bond donors (Lipinski definition) is 3. The number of hydrogen-bond acceptors (Lipinski definition) is 4. The van der Waals surface area contributed by atoms with Crippen LogP contribution in [0.3, 0.4) is 0 Å². The Hall–Kier alpha value is -3.06. The van der Waals surface area contributed by atoms with Crippen molar-refractivity contribution in [3.05, 3.63) is 53.1 Å². The van der Waals surface area contributed by atoms with Gasteiger partial charge in [-0.25, -0.2) is 0 Å². The molecule has 0 aliphatic heterocycles. The van der Waals surface area contributed by atoms with Crippen LogP contribution < -0.4 is 20.7 Å². The molecule has 0 aliphatic carbocycles. The van der Waals surface area contributed by atoms with Crippen molar-refractivity contribution < 1.29 is 19.1 Å². The fourth-order valence-corrected chi connectivity index (χ4v) is 2.21. The van der Waals surface area contributed by atoms with E-state index in [0.717, 1.165) is 0 Å². The molecule has 3 amide bonds. The molecule has 0 atom stereocenters. The highest BCUT2D eigenvalue weighted by molar-refractivity contribution is 6.40. The minimum absolute atomic E-state index is 0.346. The molecule has 0 saturated heterocycles. The maximum atomic E-state index is 11.9. The second-order valence-corrected chi connectivity index (χ2v) is 5.73. The van der Waals surface area contributed by atoms with E-state index in [9.17, 15) is 14.4 Å². The molecule has 0 unspecified atom stereocenters. The van der Waals surface area contributed by atoms with E-state index in [1.54, 1.807) is 49.4 Å². The highest BCUT2D eigenvalue weighted by atomic mass is 35.5. The Labute approximate surface area is 155 Å². The summed E-state index contributed by atoms with van der Waals surface area (Å²) >= 11 is 5.98. The minimum atomic E-state index is -0.918. The third-order valence-electron chi connectivity index (χ3n) is 3.51. The smallest absolute Gasteiger partial charge is 0.313 e. The lowest BCUT2D eigenvalue weighted by Crippen LogP contribution is -2.39. The first-order valence-electron chi connectivity index (χ1n) is 7.69. The largest absolute Gasteiger partial charge is 0.497 e. The van der Waals surface area contributed by atoms with Gasteiger partial charge in [0.2, 0.25) is 5.91 Å². The van der Waals surface area contributed by atoms with Crippen molar-refractivity contribution >= 4 is 40.7 Å². The van der Waals surface area contributed by atoms with E-state index in [1.165, 1.54) is 7.11 Å². The Kier molecular flexibility index (Phi) is 6.57. The van der Waals surface area contributed by atoms with Gasteiger partial charge in [0.1, 0.15) is 5.75 Å². The van der Waals surface area contributed by atoms with Crippen LogP contribution >= 0.6 is 11.6 Å². The van der Waals surface area contributed by atoms with E-state index in [1.807, 2.05) is 0 Å². The highest BCUT2D eigenvalue weighted by Crippen LogP contribution is 2.22. The van der Waals surface area contributed by atoms with Gasteiger partial charge in [-0.15, -0.1) is 0 Å². The van der Waals surface area contributed by atoms with Crippen LogP contribution in [0.25, 0.3) is 0 Å². The number of rotatable bonds is 5. The minimum Gasteiger partial charge on any atom is -0.497 e. The molecule has 136 valence electrons. The van der Waals surface area contributed by atoms with Crippen LogP contribution in [-0.2, 0) is 14.4 Å². The van der Waals surface area contributed by atoms with Crippen LogP contribution in [0.2, 0.25) is 5.02 Å². The summed E-state index contributed by atoms with van der Waals surface area (Å²) in [6, 6.07) is 11.6. The van der Waals surface area contributed by atoms with Crippen LogP contribution in [0.5, 0.6) is 5.75 Å². The molecule has 2 rings (SSSR count). The molecule has 0 aliphatic rings. The number of anilines is 2. The molecule has 2 aromatic rings. The van der Waals surface area contributed by atoms with Crippen LogP contribution in [-0.4, -0.2) is 31.4 Å². The predicted octanol–water partition coefficient (Wildman–Crippen LogP) is 2.35. The number of carbonyl (C=O) groups excluding carboxylic acids is 3. The summed E-state index contributed by atoms with van der Waals surface area (Å²) in [6.07, 6.45) is 0. The van der Waals surface area contributed by atoms with Crippen molar-refractivity contribution in [3.8, 4) is 5.75 Å². The first kappa shape index (κ1) is 19.3. The average molecular weight is 376 g/mol. The second kappa shape index (κ2) is 8.87. The molecule has 0 fully saturated rings. The van der Waals surface area contributed by atoms with Gasteiger partial charge in [0.15, 0.2) is 0 Å². The molecule has 0 radical (unpaired) electrons. The van der Waals surface area contributed by atoms with E-state index in [2.05, 4.69) is 16.0 Å². The van der Waals surface area contributed by atoms with Crippen LogP contribution in [0.1, 0.15) is 5.56 Å². The predicted molar refractivity (Wildman–Crippen MR) is 99.5 cm³/mol. The lowest BCUT2D eigenvalue weighted by Gasteiger charge is -2.10. The normalized spacial score (nSPS) is 9.96.